The number of hydrogen-bond acceptors (Lipinski definition) is 0. The monoisotopic (exact) mass is 490 g/mol. The Kier molecular flexibility index (Phi) is 7.85. The maximum absolute atomic E-state index is 14.6. The van der Waals surface area contributed by atoms with Crippen molar-refractivity contribution in [1.29, 1.82) is 0 Å². The first kappa shape index (κ1) is 25.2. The fourth-order valence-electron chi connectivity index (χ4n) is 4.00. The van der Waals surface area contributed by atoms with Crippen LogP contribution in [0.4, 0.5) is 22.0 Å². The van der Waals surface area contributed by atoms with Gasteiger partial charge in [-0.2, -0.15) is 0 Å². The van der Waals surface area contributed by atoms with E-state index in [0.29, 0.717) is 40.3 Å². The third kappa shape index (κ3) is 6.01. The highest BCUT2D eigenvalue weighted by Gasteiger charge is 2.12. The van der Waals surface area contributed by atoms with Crippen molar-refractivity contribution < 1.29 is 22.0 Å². The minimum absolute atomic E-state index is 0.0123. The van der Waals surface area contributed by atoms with Crippen molar-refractivity contribution >= 4 is 10.8 Å². The summed E-state index contributed by atoms with van der Waals surface area (Å²) in [6.45, 7) is 1.89. The van der Waals surface area contributed by atoms with Crippen LogP contribution in [0.15, 0.2) is 72.8 Å². The molecule has 0 unspecified atom stereocenters. The quantitative estimate of drug-likeness (QED) is 0.145. The molecule has 36 heavy (non-hydrogen) atoms. The summed E-state index contributed by atoms with van der Waals surface area (Å²) in [5.74, 6) is 1.98. The van der Waals surface area contributed by atoms with Gasteiger partial charge in [-0.15, -0.1) is 0 Å². The SMILES string of the molecule is C/C=C/CCc1cc(F)c(CCc2ccc(C#Cc3ccc4cc(F)c(F)cc4c3)c(F)c2)c(F)c1. The van der Waals surface area contributed by atoms with E-state index in [0.717, 1.165) is 12.1 Å². The lowest BCUT2D eigenvalue weighted by Gasteiger charge is -2.09. The zero-order valence-electron chi connectivity index (χ0n) is 19.6. The highest BCUT2D eigenvalue weighted by atomic mass is 19.2. The summed E-state index contributed by atoms with van der Waals surface area (Å²) in [5, 5.41) is 1.02. The zero-order valence-corrected chi connectivity index (χ0v) is 19.6. The summed E-state index contributed by atoms with van der Waals surface area (Å²) in [7, 11) is 0. The maximum atomic E-state index is 14.6. The van der Waals surface area contributed by atoms with Crippen LogP contribution < -0.4 is 0 Å². The molecule has 0 amide bonds. The molecule has 0 fully saturated rings. The molecule has 182 valence electrons. The molecule has 0 spiro atoms. The second-order valence-electron chi connectivity index (χ2n) is 8.54. The number of allylic oxidation sites excluding steroid dienone is 2. The lowest BCUT2D eigenvalue weighted by molar-refractivity contribution is 0.511. The summed E-state index contributed by atoms with van der Waals surface area (Å²) in [6.07, 6.45) is 5.47. The third-order valence-corrected chi connectivity index (χ3v) is 5.95. The molecule has 0 radical (unpaired) electrons. The largest absolute Gasteiger partial charge is 0.207 e. The van der Waals surface area contributed by atoms with Crippen LogP contribution in [0.5, 0.6) is 0 Å². The van der Waals surface area contributed by atoms with Crippen LogP contribution in [0.2, 0.25) is 0 Å². The Hall–Kier alpha value is -3.91. The van der Waals surface area contributed by atoms with Crippen LogP contribution in [-0.2, 0) is 19.3 Å². The van der Waals surface area contributed by atoms with E-state index in [-0.39, 0.29) is 24.0 Å². The predicted octanol–water partition coefficient (Wildman–Crippen LogP) is 8.23. The Morgan fingerprint density at radius 1 is 0.611 bits per heavy atom. The second kappa shape index (κ2) is 11.2. The molecule has 4 aromatic carbocycles. The van der Waals surface area contributed by atoms with Gasteiger partial charge in [-0.05, 0) is 103 Å². The van der Waals surface area contributed by atoms with Crippen molar-refractivity contribution in [3.63, 3.8) is 0 Å². The number of fused-ring (bicyclic) bond motifs is 1. The molecule has 4 rings (SSSR count). The van der Waals surface area contributed by atoms with E-state index in [1.807, 2.05) is 19.1 Å². The number of benzene rings is 4. The van der Waals surface area contributed by atoms with E-state index in [4.69, 9.17) is 0 Å². The fourth-order valence-corrected chi connectivity index (χ4v) is 4.00. The highest BCUT2D eigenvalue weighted by Crippen LogP contribution is 2.21. The lowest BCUT2D eigenvalue weighted by Crippen LogP contribution is -2.01. The average Bonchev–Trinajstić information content (AvgIpc) is 2.84. The fraction of sp³-hybridized carbons (Fsp3) is 0.161. The van der Waals surface area contributed by atoms with Gasteiger partial charge >= 0.3 is 0 Å². The van der Waals surface area contributed by atoms with Crippen molar-refractivity contribution in [2.24, 2.45) is 0 Å². The van der Waals surface area contributed by atoms with Crippen LogP contribution >= 0.6 is 0 Å². The first-order valence-electron chi connectivity index (χ1n) is 11.6. The highest BCUT2D eigenvalue weighted by molar-refractivity contribution is 5.84. The van der Waals surface area contributed by atoms with Gasteiger partial charge in [-0.1, -0.05) is 36.1 Å². The topological polar surface area (TPSA) is 0 Å². The Balaban J connectivity index is 1.46. The van der Waals surface area contributed by atoms with Crippen LogP contribution in [0.3, 0.4) is 0 Å². The molecule has 0 aliphatic carbocycles. The van der Waals surface area contributed by atoms with E-state index in [1.165, 1.54) is 24.3 Å². The first-order valence-corrected chi connectivity index (χ1v) is 11.6. The molecule has 0 N–H and O–H groups in total. The minimum Gasteiger partial charge on any atom is -0.207 e. The van der Waals surface area contributed by atoms with Gasteiger partial charge in [0, 0.05) is 11.1 Å². The van der Waals surface area contributed by atoms with Crippen molar-refractivity contribution in [3.05, 3.63) is 130 Å². The van der Waals surface area contributed by atoms with Crippen molar-refractivity contribution in [2.45, 2.75) is 32.6 Å². The summed E-state index contributed by atoms with van der Waals surface area (Å²) in [4.78, 5) is 0. The van der Waals surface area contributed by atoms with Crippen LogP contribution in [0.1, 0.15) is 41.2 Å². The van der Waals surface area contributed by atoms with E-state index in [1.54, 1.807) is 24.3 Å². The molecule has 0 saturated carbocycles. The van der Waals surface area contributed by atoms with Crippen LogP contribution in [-0.4, -0.2) is 0 Å². The molecule has 0 heterocycles. The van der Waals surface area contributed by atoms with Crippen LogP contribution in [0.25, 0.3) is 10.8 Å². The molecule has 0 bridgehead atoms. The number of aryl methyl sites for hydroxylation is 2. The summed E-state index contributed by atoms with van der Waals surface area (Å²) in [6, 6.07) is 14.3. The van der Waals surface area contributed by atoms with Crippen molar-refractivity contribution in [3.8, 4) is 11.8 Å². The van der Waals surface area contributed by atoms with Crippen LogP contribution in [0, 0.1) is 40.9 Å². The predicted molar refractivity (Wildman–Crippen MR) is 133 cm³/mol. The molecular weight excluding hydrogens is 467 g/mol. The Morgan fingerprint density at radius 2 is 1.31 bits per heavy atom. The third-order valence-electron chi connectivity index (χ3n) is 5.95. The first-order chi connectivity index (χ1) is 17.3. The Labute approximate surface area is 207 Å². The molecule has 5 heteroatoms. The molecule has 0 nitrogen and oxygen atoms in total. The molecule has 0 aliphatic rings. The van der Waals surface area contributed by atoms with Gasteiger partial charge in [-0.25, -0.2) is 22.0 Å². The Bertz CT molecular complexity index is 1480. The summed E-state index contributed by atoms with van der Waals surface area (Å²) >= 11 is 0. The van der Waals surface area contributed by atoms with Gasteiger partial charge in [0.1, 0.15) is 17.5 Å². The van der Waals surface area contributed by atoms with E-state index in [2.05, 4.69) is 11.8 Å². The number of rotatable bonds is 6. The lowest BCUT2D eigenvalue weighted by atomic mass is 9.99. The normalized spacial score (nSPS) is 11.2. The van der Waals surface area contributed by atoms with Crippen molar-refractivity contribution in [2.75, 3.05) is 0 Å². The smallest absolute Gasteiger partial charge is 0.159 e. The van der Waals surface area contributed by atoms with Gasteiger partial charge in [0.05, 0.1) is 5.56 Å². The molecule has 4 aromatic rings. The summed E-state index contributed by atoms with van der Waals surface area (Å²) < 4.78 is 70.5. The van der Waals surface area contributed by atoms with E-state index in [9.17, 15) is 22.0 Å². The second-order valence-corrected chi connectivity index (χ2v) is 8.54. The van der Waals surface area contributed by atoms with E-state index >= 15 is 0 Å². The molecular formula is C31H23F5. The molecule has 0 atom stereocenters. The van der Waals surface area contributed by atoms with Gasteiger partial charge < -0.3 is 0 Å². The van der Waals surface area contributed by atoms with Gasteiger partial charge in [0.2, 0.25) is 0 Å². The standard InChI is InChI=1S/C31H23F5/c1-2-3-4-5-22-16-28(33)26(29(34)17-22)13-9-21-7-11-23(27(32)15-21)10-6-20-8-12-24-18-30(35)31(36)19-25(24)14-20/h2-3,7-8,11-12,14-19H,4-5,9,13H2,1H3/b3-2+. The van der Waals surface area contributed by atoms with Crippen molar-refractivity contribution in [1.82, 2.24) is 0 Å². The minimum atomic E-state index is -0.950. The average molecular weight is 491 g/mol. The maximum Gasteiger partial charge on any atom is 0.159 e. The molecule has 0 saturated heterocycles. The van der Waals surface area contributed by atoms with E-state index < -0.39 is 29.1 Å². The molecule has 0 aromatic heterocycles. The summed E-state index contributed by atoms with van der Waals surface area (Å²) in [5.41, 5.74) is 1.87. The van der Waals surface area contributed by atoms with Gasteiger partial charge in [0.25, 0.3) is 0 Å². The number of hydrogen-bond donors (Lipinski definition) is 0. The van der Waals surface area contributed by atoms with Gasteiger partial charge in [-0.3, -0.25) is 0 Å². The number of halogens is 5. The van der Waals surface area contributed by atoms with Gasteiger partial charge in [0.15, 0.2) is 11.6 Å². The zero-order chi connectivity index (χ0) is 25.7. The Morgan fingerprint density at radius 3 is 2.00 bits per heavy atom. The molecule has 0 aliphatic heterocycles.